The first-order valence-electron chi connectivity index (χ1n) is 12.9. The molecule has 0 amide bonds. The molecule has 12 nitrogen and oxygen atoms in total. The molecule has 38 heavy (non-hydrogen) atoms. The van der Waals surface area contributed by atoms with Gasteiger partial charge in [0.2, 0.25) is 11.8 Å². The average molecular weight is 523 g/mol. The van der Waals surface area contributed by atoms with Crippen LogP contribution in [0, 0.1) is 0 Å². The molecule has 0 aliphatic carbocycles. The van der Waals surface area contributed by atoms with Crippen molar-refractivity contribution >= 4 is 23.2 Å². The van der Waals surface area contributed by atoms with Gasteiger partial charge >= 0.3 is 0 Å². The summed E-state index contributed by atoms with van der Waals surface area (Å²) >= 11 is 0. The quantitative estimate of drug-likeness (QED) is 0.363. The molecule has 2 bridgehead atoms. The number of pyridine rings is 1. The van der Waals surface area contributed by atoms with E-state index in [1.165, 1.54) is 0 Å². The summed E-state index contributed by atoms with van der Waals surface area (Å²) in [7, 11) is 1.80. The molecule has 0 saturated heterocycles. The number of aromatic nitrogens is 7. The summed E-state index contributed by atoms with van der Waals surface area (Å²) in [5, 5.41) is 27.3. The zero-order chi connectivity index (χ0) is 27.0. The van der Waals surface area contributed by atoms with Gasteiger partial charge in [-0.2, -0.15) is 10.2 Å². The predicted molar refractivity (Wildman–Crippen MR) is 144 cm³/mol. The number of H-pyrrole nitrogens is 2. The highest BCUT2D eigenvalue weighted by Crippen LogP contribution is 2.32. The highest BCUT2D eigenvalue weighted by molar-refractivity contribution is 5.90. The molecule has 5 heterocycles. The molecule has 0 radical (unpaired) electrons. The lowest BCUT2D eigenvalue weighted by Gasteiger charge is -2.26. The molecule has 1 aliphatic heterocycles. The first-order chi connectivity index (χ1) is 18.3. The van der Waals surface area contributed by atoms with Gasteiger partial charge in [-0.25, -0.2) is 4.68 Å². The van der Waals surface area contributed by atoms with E-state index < -0.39 is 6.10 Å². The van der Waals surface area contributed by atoms with Crippen LogP contribution < -0.4 is 15.0 Å². The van der Waals surface area contributed by atoms with Crippen molar-refractivity contribution in [1.29, 1.82) is 0 Å². The van der Waals surface area contributed by atoms with Crippen molar-refractivity contribution in [1.82, 2.24) is 39.6 Å². The molecule has 202 valence electrons. The number of ether oxygens (including phenoxy) is 2. The summed E-state index contributed by atoms with van der Waals surface area (Å²) in [4.78, 5) is 18.2. The number of aryl methyl sites for hydroxylation is 1. The van der Waals surface area contributed by atoms with E-state index >= 15 is 0 Å². The van der Waals surface area contributed by atoms with Crippen molar-refractivity contribution in [3.63, 3.8) is 0 Å². The van der Waals surface area contributed by atoms with Gasteiger partial charge in [-0.05, 0) is 45.5 Å². The van der Waals surface area contributed by atoms with Crippen molar-refractivity contribution in [2.24, 2.45) is 7.05 Å². The smallest absolute Gasteiger partial charge is 0.257 e. The molecular weight excluding hydrogens is 488 g/mol. The van der Waals surface area contributed by atoms with Crippen LogP contribution in [0.25, 0.3) is 34.3 Å². The lowest BCUT2D eigenvalue weighted by Crippen LogP contribution is -2.35. The summed E-state index contributed by atoms with van der Waals surface area (Å²) in [6.07, 6.45) is 4.72. The summed E-state index contributed by atoms with van der Waals surface area (Å²) in [6, 6.07) is 1.81. The van der Waals surface area contributed by atoms with Gasteiger partial charge in [0.25, 0.3) is 5.56 Å². The highest BCUT2D eigenvalue weighted by atomic mass is 16.5. The van der Waals surface area contributed by atoms with Gasteiger partial charge < -0.3 is 19.6 Å². The molecule has 1 aliphatic rings. The van der Waals surface area contributed by atoms with Crippen molar-refractivity contribution in [3.8, 4) is 22.9 Å². The second kappa shape index (κ2) is 10.5. The van der Waals surface area contributed by atoms with E-state index in [-0.39, 0.29) is 11.7 Å². The fraction of sp³-hybridized carbons (Fsp3) is 0.462. The maximum Gasteiger partial charge on any atom is 0.257 e. The number of fused-ring (bicyclic) bond motifs is 4. The Morgan fingerprint density at radius 2 is 2.11 bits per heavy atom. The molecular formula is C26H34N8O4. The van der Waals surface area contributed by atoms with Crippen molar-refractivity contribution < 1.29 is 14.6 Å². The van der Waals surface area contributed by atoms with E-state index in [9.17, 15) is 9.90 Å². The van der Waals surface area contributed by atoms with E-state index in [0.717, 1.165) is 28.9 Å². The largest absolute Gasteiger partial charge is 0.476 e. The maximum absolute atomic E-state index is 13.0. The third-order valence-corrected chi connectivity index (χ3v) is 6.62. The molecule has 12 heteroatoms. The van der Waals surface area contributed by atoms with Gasteiger partial charge in [-0.3, -0.25) is 19.5 Å². The number of rotatable bonds is 5. The number of aromatic amines is 2. The summed E-state index contributed by atoms with van der Waals surface area (Å²) in [5.74, 6) is 1.02. The van der Waals surface area contributed by atoms with Crippen LogP contribution in [0.4, 0.5) is 0 Å². The molecule has 2 atom stereocenters. The van der Waals surface area contributed by atoms with Crippen LogP contribution in [0.3, 0.4) is 0 Å². The number of hydrogen-bond acceptors (Lipinski definition) is 8. The number of nitrogens with zero attached hydrogens (tertiary/aromatic N) is 6. The lowest BCUT2D eigenvalue weighted by molar-refractivity contribution is 0.131. The van der Waals surface area contributed by atoms with Crippen molar-refractivity contribution in [3.05, 3.63) is 39.6 Å². The number of hydrogen-bond donors (Lipinski definition) is 3. The van der Waals surface area contributed by atoms with Gasteiger partial charge in [-0.1, -0.05) is 6.92 Å². The van der Waals surface area contributed by atoms with Crippen LogP contribution in [-0.2, 0) is 20.1 Å². The lowest BCUT2D eigenvalue weighted by atomic mass is 10.1. The Balaban J connectivity index is 1.73. The van der Waals surface area contributed by atoms with Crippen LogP contribution in [0.2, 0.25) is 0 Å². The van der Waals surface area contributed by atoms with Crippen LogP contribution in [0.5, 0.6) is 11.8 Å². The third-order valence-electron chi connectivity index (χ3n) is 6.62. The molecule has 5 rings (SSSR count). The standard InChI is InChI=1S/C26H34N8O4/c1-6-33-13-16(4)38-26-20(11-27-32(26)5)18-10-19-21(29-30-23(19)28-24(18)36)9-8-17-22(14-33)34(12-15(3)35)31-25(17)37-7-2/h8-11,15-16,35H,6-7,12-14H2,1-5H3,(H2,28,29,30,36)/b9-8+/t15?,16-/m0/s1. The minimum Gasteiger partial charge on any atom is -0.476 e. The molecule has 1 unspecified atom stereocenters. The summed E-state index contributed by atoms with van der Waals surface area (Å²) in [5.41, 5.74) is 3.72. The van der Waals surface area contributed by atoms with Crippen molar-refractivity contribution in [2.45, 2.75) is 53.0 Å². The Morgan fingerprint density at radius 1 is 1.29 bits per heavy atom. The fourth-order valence-corrected chi connectivity index (χ4v) is 4.81. The van der Waals surface area contributed by atoms with Gasteiger partial charge in [0.15, 0.2) is 5.65 Å². The first-order valence-corrected chi connectivity index (χ1v) is 12.9. The Labute approximate surface area is 219 Å². The zero-order valence-corrected chi connectivity index (χ0v) is 22.4. The minimum atomic E-state index is -0.582. The number of aliphatic hydroxyl groups is 1. The van der Waals surface area contributed by atoms with Gasteiger partial charge in [0, 0.05) is 25.5 Å². The number of aliphatic hydroxyl groups excluding tert-OH is 1. The minimum absolute atomic E-state index is 0.208. The van der Waals surface area contributed by atoms with Crippen LogP contribution in [0.15, 0.2) is 17.1 Å². The van der Waals surface area contributed by atoms with E-state index in [0.29, 0.717) is 54.8 Å². The Kier molecular flexibility index (Phi) is 7.09. The predicted octanol–water partition coefficient (Wildman–Crippen LogP) is 2.40. The fourth-order valence-electron chi connectivity index (χ4n) is 4.81. The van der Waals surface area contributed by atoms with E-state index in [1.54, 1.807) is 24.9 Å². The van der Waals surface area contributed by atoms with Gasteiger partial charge in [-0.15, -0.1) is 5.10 Å². The SMILES string of the molecule is CCOc1nn(CC(C)O)c2c1/C=C/c1[nH]nc3[nH]c(=O)c(cc13)-c1cnn(C)c1O[C@@H](C)CN(CC)C2. The zero-order valence-electron chi connectivity index (χ0n) is 22.4. The van der Waals surface area contributed by atoms with Crippen molar-refractivity contribution in [2.75, 3.05) is 19.7 Å². The molecule has 0 aromatic carbocycles. The molecule has 0 saturated carbocycles. The van der Waals surface area contributed by atoms with E-state index in [2.05, 4.69) is 32.1 Å². The normalized spacial score (nSPS) is 17.9. The Hall–Kier alpha value is -3.90. The Morgan fingerprint density at radius 3 is 2.84 bits per heavy atom. The van der Waals surface area contributed by atoms with Gasteiger partial charge in [0.1, 0.15) is 6.10 Å². The highest BCUT2D eigenvalue weighted by Gasteiger charge is 2.24. The third kappa shape index (κ3) is 4.84. The topological polar surface area (TPSA) is 139 Å². The molecule has 4 aromatic heterocycles. The second-order valence-electron chi connectivity index (χ2n) is 9.62. The molecule has 0 fully saturated rings. The second-order valence-corrected chi connectivity index (χ2v) is 9.62. The monoisotopic (exact) mass is 522 g/mol. The molecule has 4 aromatic rings. The van der Waals surface area contributed by atoms with Crippen LogP contribution in [0.1, 0.15) is 44.6 Å². The number of nitrogens with one attached hydrogen (secondary N) is 2. The van der Waals surface area contributed by atoms with E-state index in [4.69, 9.17) is 14.6 Å². The first kappa shape index (κ1) is 25.7. The van der Waals surface area contributed by atoms with Crippen LogP contribution in [-0.4, -0.2) is 76.7 Å². The summed E-state index contributed by atoms with van der Waals surface area (Å²) < 4.78 is 15.8. The maximum atomic E-state index is 13.0. The van der Waals surface area contributed by atoms with Gasteiger partial charge in [0.05, 0.1) is 53.5 Å². The number of likely N-dealkylation sites (N-methyl/N-ethyl adjacent to an activating group) is 1. The molecule has 3 N–H and O–H groups in total. The van der Waals surface area contributed by atoms with Crippen LogP contribution >= 0.6 is 0 Å². The van der Waals surface area contributed by atoms with E-state index in [1.807, 2.05) is 36.7 Å². The molecule has 0 spiro atoms. The summed E-state index contributed by atoms with van der Waals surface area (Å²) in [6.45, 7) is 10.5. The average Bonchev–Trinajstić information content (AvgIpc) is 3.52. The Bertz CT molecular complexity index is 1530.